The van der Waals surface area contributed by atoms with Crippen molar-refractivity contribution >= 4 is 35.0 Å². The van der Waals surface area contributed by atoms with Gasteiger partial charge in [0.2, 0.25) is 0 Å². The second kappa shape index (κ2) is 7.93. The zero-order valence-electron chi connectivity index (χ0n) is 17.5. The van der Waals surface area contributed by atoms with E-state index < -0.39 is 5.91 Å². The Hall–Kier alpha value is -2.77. The molecule has 4 nitrogen and oxygen atoms in total. The molecule has 1 aliphatic heterocycles. The van der Waals surface area contributed by atoms with Crippen molar-refractivity contribution in [1.29, 1.82) is 5.26 Å². The predicted molar refractivity (Wildman–Crippen MR) is 120 cm³/mol. The third kappa shape index (κ3) is 4.31. The Morgan fingerprint density at radius 1 is 1.34 bits per heavy atom. The molecule has 1 aliphatic rings. The SMILES string of the molecule is Cc1cccc(NC(=O)/C(C#N)=C\c2cc3c(cc2Cl)N(C)C(C)(C)C[C@H]3C)c1. The number of halogens is 1. The maximum absolute atomic E-state index is 12.6. The molecule has 150 valence electrons. The van der Waals surface area contributed by atoms with Crippen molar-refractivity contribution in [3.8, 4) is 6.07 Å². The molecule has 2 aromatic carbocycles. The number of hydrogen-bond acceptors (Lipinski definition) is 3. The van der Waals surface area contributed by atoms with Crippen LogP contribution < -0.4 is 10.2 Å². The summed E-state index contributed by atoms with van der Waals surface area (Å²) in [7, 11) is 2.08. The normalized spacial score (nSPS) is 18.0. The highest BCUT2D eigenvalue weighted by atomic mass is 35.5. The van der Waals surface area contributed by atoms with Crippen molar-refractivity contribution < 1.29 is 4.79 Å². The van der Waals surface area contributed by atoms with E-state index in [-0.39, 0.29) is 11.1 Å². The number of rotatable bonds is 3. The van der Waals surface area contributed by atoms with Gasteiger partial charge in [-0.15, -0.1) is 0 Å². The zero-order chi connectivity index (χ0) is 21.3. The second-order valence-electron chi connectivity index (χ2n) is 8.40. The predicted octanol–water partition coefficient (Wildman–Crippen LogP) is 5.92. The number of nitriles is 1. The maximum Gasteiger partial charge on any atom is 0.266 e. The number of benzene rings is 2. The van der Waals surface area contributed by atoms with Crippen LogP contribution in [0.5, 0.6) is 0 Å². The van der Waals surface area contributed by atoms with Crippen LogP contribution in [-0.4, -0.2) is 18.5 Å². The van der Waals surface area contributed by atoms with Crippen LogP contribution in [0.1, 0.15) is 49.8 Å². The van der Waals surface area contributed by atoms with Gasteiger partial charge in [0.05, 0.1) is 0 Å². The summed E-state index contributed by atoms with van der Waals surface area (Å²) in [6.45, 7) is 8.59. The van der Waals surface area contributed by atoms with Crippen molar-refractivity contribution in [3.05, 3.63) is 63.7 Å². The highest BCUT2D eigenvalue weighted by Crippen LogP contribution is 2.44. The van der Waals surface area contributed by atoms with E-state index >= 15 is 0 Å². The quantitative estimate of drug-likeness (QED) is 0.507. The van der Waals surface area contributed by atoms with Crippen LogP contribution in [0.15, 0.2) is 42.0 Å². The van der Waals surface area contributed by atoms with Gasteiger partial charge >= 0.3 is 0 Å². The van der Waals surface area contributed by atoms with Gasteiger partial charge in [0.15, 0.2) is 0 Å². The summed E-state index contributed by atoms with van der Waals surface area (Å²) in [5.41, 5.74) is 4.71. The molecule has 0 fully saturated rings. The first kappa shape index (κ1) is 21.0. The van der Waals surface area contributed by atoms with Crippen LogP contribution in [0.2, 0.25) is 5.02 Å². The van der Waals surface area contributed by atoms with Gasteiger partial charge in [0.25, 0.3) is 5.91 Å². The van der Waals surface area contributed by atoms with Gasteiger partial charge in [-0.05, 0) is 80.1 Å². The van der Waals surface area contributed by atoms with Crippen LogP contribution in [0.25, 0.3) is 6.08 Å². The van der Waals surface area contributed by atoms with Crippen LogP contribution in [0.3, 0.4) is 0 Å². The van der Waals surface area contributed by atoms with Gasteiger partial charge in [-0.25, -0.2) is 0 Å². The lowest BCUT2D eigenvalue weighted by Crippen LogP contribution is -2.45. The molecule has 1 heterocycles. The number of nitrogens with zero attached hydrogens (tertiary/aromatic N) is 2. The number of hydrogen-bond donors (Lipinski definition) is 1. The smallest absolute Gasteiger partial charge is 0.266 e. The van der Waals surface area contributed by atoms with Crippen molar-refractivity contribution in [2.75, 3.05) is 17.3 Å². The minimum Gasteiger partial charge on any atom is -0.369 e. The summed E-state index contributed by atoms with van der Waals surface area (Å²) < 4.78 is 0. The number of carbonyl (C=O) groups is 1. The number of carbonyl (C=O) groups excluding carboxylic acids is 1. The maximum atomic E-state index is 12.6. The van der Waals surface area contributed by atoms with Crippen LogP contribution in [0.4, 0.5) is 11.4 Å². The van der Waals surface area contributed by atoms with E-state index in [1.807, 2.05) is 43.3 Å². The molecule has 2 aromatic rings. The Labute approximate surface area is 177 Å². The van der Waals surface area contributed by atoms with E-state index in [9.17, 15) is 10.1 Å². The third-order valence-electron chi connectivity index (χ3n) is 5.69. The van der Waals surface area contributed by atoms with Crippen molar-refractivity contribution in [2.45, 2.75) is 45.6 Å². The second-order valence-corrected chi connectivity index (χ2v) is 8.81. The lowest BCUT2D eigenvalue weighted by atomic mass is 9.80. The number of amides is 1. The molecule has 0 aromatic heterocycles. The molecule has 1 N–H and O–H groups in total. The first-order chi connectivity index (χ1) is 13.6. The van der Waals surface area contributed by atoms with E-state index in [1.54, 1.807) is 12.1 Å². The van der Waals surface area contributed by atoms with E-state index in [0.29, 0.717) is 22.2 Å². The van der Waals surface area contributed by atoms with E-state index in [2.05, 4.69) is 38.0 Å². The first-order valence-corrected chi connectivity index (χ1v) is 10.1. The molecule has 1 amide bonds. The van der Waals surface area contributed by atoms with Gasteiger partial charge in [-0.2, -0.15) is 5.26 Å². The summed E-state index contributed by atoms with van der Waals surface area (Å²) in [6.07, 6.45) is 2.58. The fourth-order valence-corrected chi connectivity index (χ4v) is 4.15. The minimum atomic E-state index is -0.446. The molecule has 29 heavy (non-hydrogen) atoms. The van der Waals surface area contributed by atoms with Gasteiger partial charge in [-0.3, -0.25) is 4.79 Å². The largest absolute Gasteiger partial charge is 0.369 e. The molecule has 1 atom stereocenters. The van der Waals surface area contributed by atoms with E-state index in [0.717, 1.165) is 17.7 Å². The standard InChI is InChI=1S/C24H26ClN3O/c1-15-7-6-8-19(9-15)27-23(29)18(14-26)10-17-11-20-16(2)13-24(3,4)28(5)22(20)12-21(17)25/h6-12,16H,13H2,1-5H3,(H,27,29)/b18-10-/t16-/m1/s1. The van der Waals surface area contributed by atoms with Crippen LogP contribution >= 0.6 is 11.6 Å². The molecule has 0 unspecified atom stereocenters. The topological polar surface area (TPSA) is 56.1 Å². The Morgan fingerprint density at radius 2 is 2.07 bits per heavy atom. The Morgan fingerprint density at radius 3 is 2.72 bits per heavy atom. The fourth-order valence-electron chi connectivity index (χ4n) is 3.94. The molecule has 5 heteroatoms. The molecular formula is C24H26ClN3O. The fraction of sp³-hybridized carbons (Fsp3) is 0.333. The van der Waals surface area contributed by atoms with Gasteiger partial charge < -0.3 is 10.2 Å². The summed E-state index contributed by atoms with van der Waals surface area (Å²) in [5, 5.41) is 12.9. The average Bonchev–Trinajstić information content (AvgIpc) is 2.64. The highest BCUT2D eigenvalue weighted by Gasteiger charge is 2.34. The summed E-state index contributed by atoms with van der Waals surface area (Å²) in [6, 6.07) is 13.4. The lowest BCUT2D eigenvalue weighted by molar-refractivity contribution is -0.112. The molecule has 0 radical (unpaired) electrons. The monoisotopic (exact) mass is 407 g/mol. The molecule has 3 rings (SSSR count). The molecular weight excluding hydrogens is 382 g/mol. The van der Waals surface area contributed by atoms with Crippen LogP contribution in [0, 0.1) is 18.3 Å². The molecule has 0 spiro atoms. The van der Waals surface area contributed by atoms with Crippen molar-refractivity contribution in [1.82, 2.24) is 0 Å². The minimum absolute atomic E-state index is 0.0190. The van der Waals surface area contributed by atoms with Gasteiger partial charge in [0, 0.05) is 29.0 Å². The zero-order valence-corrected chi connectivity index (χ0v) is 18.3. The van der Waals surface area contributed by atoms with Crippen LogP contribution in [-0.2, 0) is 4.79 Å². The summed E-state index contributed by atoms with van der Waals surface area (Å²) in [5.74, 6) is -0.0922. The molecule has 0 saturated heterocycles. The van der Waals surface area contributed by atoms with E-state index in [1.165, 1.54) is 5.56 Å². The number of anilines is 2. The summed E-state index contributed by atoms with van der Waals surface area (Å²) >= 11 is 6.54. The highest BCUT2D eigenvalue weighted by molar-refractivity contribution is 6.32. The van der Waals surface area contributed by atoms with Gasteiger partial charge in [-0.1, -0.05) is 30.7 Å². The Balaban J connectivity index is 1.95. The lowest BCUT2D eigenvalue weighted by Gasteiger charge is -2.45. The van der Waals surface area contributed by atoms with Crippen molar-refractivity contribution in [2.24, 2.45) is 0 Å². The number of aryl methyl sites for hydroxylation is 1. The average molecular weight is 408 g/mol. The first-order valence-electron chi connectivity index (χ1n) is 9.69. The third-order valence-corrected chi connectivity index (χ3v) is 6.02. The van der Waals surface area contributed by atoms with Gasteiger partial charge in [0.1, 0.15) is 11.6 Å². The van der Waals surface area contributed by atoms with E-state index in [4.69, 9.17) is 11.6 Å². The summed E-state index contributed by atoms with van der Waals surface area (Å²) in [4.78, 5) is 14.9. The Kier molecular flexibility index (Phi) is 5.73. The number of nitrogens with one attached hydrogen (secondary N) is 1. The molecule has 0 bridgehead atoms. The number of fused-ring (bicyclic) bond motifs is 1. The van der Waals surface area contributed by atoms with Crippen molar-refractivity contribution in [3.63, 3.8) is 0 Å². The Bertz CT molecular complexity index is 1030. The molecule has 0 saturated carbocycles. The molecule has 0 aliphatic carbocycles.